The van der Waals surface area contributed by atoms with Crippen molar-refractivity contribution >= 4 is 34.1 Å². The maximum absolute atomic E-state index is 12.7. The molecule has 11 heteroatoms. The third kappa shape index (κ3) is 6.01. The van der Waals surface area contributed by atoms with Gasteiger partial charge in [0.25, 0.3) is 0 Å². The van der Waals surface area contributed by atoms with Crippen LogP contribution < -0.4 is 4.74 Å². The Morgan fingerprint density at radius 1 is 1.27 bits per heavy atom. The number of aliphatic hydroxyl groups is 1. The molecule has 1 aliphatic rings. The molecule has 1 fully saturated rings. The lowest BCUT2D eigenvalue weighted by atomic mass is 9.68. The van der Waals surface area contributed by atoms with Crippen LogP contribution in [-0.2, 0) is 11.3 Å². The number of rotatable bonds is 9. The predicted octanol–water partition coefficient (Wildman–Crippen LogP) is 7.30. The number of carbonyl (C=O) groups is 1. The van der Waals surface area contributed by atoms with Crippen molar-refractivity contribution in [2.24, 2.45) is 11.3 Å². The lowest BCUT2D eigenvalue weighted by molar-refractivity contribution is -0.274. The minimum atomic E-state index is -4.82. The SMILES string of the molecule is CC/C(=C1/CCC(CC)(CC)C1(O)Cn1ncnc1SC(=O)C(C)C)c1ccc(OC(F)(F)F)cc1Cl. The highest BCUT2D eigenvalue weighted by Gasteiger charge is 2.56. The summed E-state index contributed by atoms with van der Waals surface area (Å²) in [6.45, 7) is 9.71. The normalized spacial score (nSPS) is 20.9. The molecule has 1 aromatic carbocycles. The van der Waals surface area contributed by atoms with E-state index in [0.717, 1.165) is 35.4 Å². The number of hydrogen-bond donors (Lipinski definition) is 1. The first-order chi connectivity index (χ1) is 17.3. The third-order valence-electron chi connectivity index (χ3n) is 7.42. The highest BCUT2D eigenvalue weighted by molar-refractivity contribution is 8.13. The Morgan fingerprint density at radius 3 is 2.49 bits per heavy atom. The number of hydrogen-bond acceptors (Lipinski definition) is 6. The molecule has 1 atom stereocenters. The van der Waals surface area contributed by atoms with Crippen LogP contribution >= 0.6 is 23.4 Å². The second-order valence-corrected chi connectivity index (χ2v) is 11.0. The van der Waals surface area contributed by atoms with E-state index >= 15 is 0 Å². The minimum Gasteiger partial charge on any atom is -0.406 e. The van der Waals surface area contributed by atoms with Gasteiger partial charge in [0.05, 0.1) is 11.6 Å². The zero-order chi connectivity index (χ0) is 27.6. The Morgan fingerprint density at radius 2 is 1.95 bits per heavy atom. The predicted molar refractivity (Wildman–Crippen MR) is 138 cm³/mol. The van der Waals surface area contributed by atoms with E-state index in [1.165, 1.54) is 18.5 Å². The molecular weight excluding hydrogens is 527 g/mol. The fourth-order valence-corrected chi connectivity index (χ4v) is 6.34. The number of aromatic nitrogens is 3. The Bertz CT molecular complexity index is 1160. The molecule has 0 radical (unpaired) electrons. The fourth-order valence-electron chi connectivity index (χ4n) is 5.32. The van der Waals surface area contributed by atoms with Crippen molar-refractivity contribution in [1.29, 1.82) is 0 Å². The van der Waals surface area contributed by atoms with E-state index in [4.69, 9.17) is 11.6 Å². The van der Waals surface area contributed by atoms with Crippen LogP contribution in [0.15, 0.2) is 35.3 Å². The van der Waals surface area contributed by atoms with Crippen LogP contribution in [0.25, 0.3) is 5.57 Å². The summed E-state index contributed by atoms with van der Waals surface area (Å²) >= 11 is 7.46. The summed E-state index contributed by atoms with van der Waals surface area (Å²) in [5, 5.41) is 17.3. The van der Waals surface area contributed by atoms with Crippen LogP contribution in [0.5, 0.6) is 5.75 Å². The van der Waals surface area contributed by atoms with Crippen LogP contribution in [0.4, 0.5) is 13.2 Å². The van der Waals surface area contributed by atoms with Gasteiger partial charge in [0.1, 0.15) is 17.7 Å². The molecule has 1 aromatic heterocycles. The lowest BCUT2D eigenvalue weighted by Crippen LogP contribution is -2.48. The fraction of sp³-hybridized carbons (Fsp3) is 0.577. The average molecular weight is 560 g/mol. The maximum atomic E-state index is 12.7. The van der Waals surface area contributed by atoms with E-state index in [0.29, 0.717) is 36.4 Å². The summed E-state index contributed by atoms with van der Waals surface area (Å²) in [5.74, 6) is -0.595. The molecule has 0 amide bonds. The standard InChI is InChI=1S/C26H33ClF3N3O3S/c1-6-18(19-10-9-17(13-21(19)27)36-26(28,29)30)20-11-12-24(7-2,8-3)25(20,35)14-33-23(31-15-32-33)37-22(34)16(4)5/h9-10,13,15-16,35H,6-8,11-12,14H2,1-5H3/b20-18+. The Labute approximate surface area is 224 Å². The molecule has 2 aromatic rings. The number of halogens is 4. The van der Waals surface area contributed by atoms with Gasteiger partial charge in [0.15, 0.2) is 10.3 Å². The molecule has 0 aliphatic heterocycles. The molecule has 204 valence electrons. The van der Waals surface area contributed by atoms with Crippen LogP contribution in [0.3, 0.4) is 0 Å². The number of carbonyl (C=O) groups excluding carboxylic acids is 1. The lowest BCUT2D eigenvalue weighted by Gasteiger charge is -2.43. The molecule has 1 saturated carbocycles. The van der Waals surface area contributed by atoms with Crippen LogP contribution in [-0.4, -0.2) is 36.9 Å². The Balaban J connectivity index is 2.11. The van der Waals surface area contributed by atoms with Gasteiger partial charge >= 0.3 is 6.36 Å². The maximum Gasteiger partial charge on any atom is 0.573 e. The summed E-state index contributed by atoms with van der Waals surface area (Å²) in [6, 6.07) is 3.88. The van der Waals surface area contributed by atoms with E-state index < -0.39 is 23.1 Å². The Hall–Kier alpha value is -2.04. The van der Waals surface area contributed by atoms with Crippen molar-refractivity contribution in [2.75, 3.05) is 0 Å². The number of nitrogens with zero attached hydrogens (tertiary/aromatic N) is 3. The minimum absolute atomic E-state index is 0.0529. The third-order valence-corrected chi connectivity index (χ3v) is 8.91. The van der Waals surface area contributed by atoms with Gasteiger partial charge in [-0.1, -0.05) is 46.2 Å². The van der Waals surface area contributed by atoms with E-state index in [-0.39, 0.29) is 22.6 Å². The molecule has 1 unspecified atom stereocenters. The summed E-state index contributed by atoms with van der Waals surface area (Å²) < 4.78 is 43.7. The van der Waals surface area contributed by atoms with Crippen LogP contribution in [0.1, 0.15) is 72.3 Å². The topological polar surface area (TPSA) is 77.2 Å². The zero-order valence-electron chi connectivity index (χ0n) is 21.7. The smallest absolute Gasteiger partial charge is 0.406 e. The first kappa shape index (κ1) is 29.5. The molecule has 0 bridgehead atoms. The van der Waals surface area contributed by atoms with Crippen molar-refractivity contribution in [3.05, 3.63) is 40.7 Å². The molecular formula is C26H33ClF3N3O3S. The van der Waals surface area contributed by atoms with Crippen LogP contribution in [0.2, 0.25) is 5.02 Å². The molecule has 1 heterocycles. The molecule has 3 rings (SSSR count). The highest BCUT2D eigenvalue weighted by atomic mass is 35.5. The van der Waals surface area contributed by atoms with Gasteiger partial charge in [-0.2, -0.15) is 5.10 Å². The van der Waals surface area contributed by atoms with Crippen LogP contribution in [0, 0.1) is 11.3 Å². The monoisotopic (exact) mass is 559 g/mol. The summed E-state index contributed by atoms with van der Waals surface area (Å²) in [5.41, 5.74) is 0.313. The molecule has 37 heavy (non-hydrogen) atoms. The second kappa shape index (κ2) is 11.4. The van der Waals surface area contributed by atoms with Gasteiger partial charge in [-0.05, 0) is 78.8 Å². The number of thioether (sulfide) groups is 1. The number of alkyl halides is 3. The summed E-state index contributed by atoms with van der Waals surface area (Å²) in [6.07, 6.45) is -0.220. The van der Waals surface area contributed by atoms with E-state index in [2.05, 4.69) is 14.8 Å². The van der Waals surface area contributed by atoms with Gasteiger partial charge < -0.3 is 9.84 Å². The molecule has 0 spiro atoms. The first-order valence-electron chi connectivity index (χ1n) is 12.4. The van der Waals surface area contributed by atoms with Gasteiger partial charge in [-0.15, -0.1) is 13.2 Å². The highest BCUT2D eigenvalue weighted by Crippen LogP contribution is 2.57. The molecule has 1 aliphatic carbocycles. The van der Waals surface area contributed by atoms with E-state index in [1.54, 1.807) is 4.68 Å². The van der Waals surface area contributed by atoms with Gasteiger partial charge in [-0.3, -0.25) is 4.79 Å². The van der Waals surface area contributed by atoms with E-state index in [1.807, 2.05) is 34.6 Å². The van der Waals surface area contributed by atoms with Crippen molar-refractivity contribution in [1.82, 2.24) is 14.8 Å². The number of benzene rings is 1. The molecule has 1 N–H and O–H groups in total. The van der Waals surface area contributed by atoms with Gasteiger partial charge in [-0.25, -0.2) is 9.67 Å². The molecule has 6 nitrogen and oxygen atoms in total. The Kier molecular flexibility index (Phi) is 9.07. The number of ether oxygens (including phenoxy) is 1. The summed E-state index contributed by atoms with van der Waals surface area (Å²) in [4.78, 5) is 16.6. The zero-order valence-corrected chi connectivity index (χ0v) is 23.2. The van der Waals surface area contributed by atoms with Crippen molar-refractivity contribution in [2.45, 2.75) is 90.4 Å². The van der Waals surface area contributed by atoms with Crippen molar-refractivity contribution < 1.29 is 27.8 Å². The summed E-state index contributed by atoms with van der Waals surface area (Å²) in [7, 11) is 0. The average Bonchev–Trinajstić information content (AvgIpc) is 3.36. The first-order valence-corrected chi connectivity index (χ1v) is 13.6. The van der Waals surface area contributed by atoms with Gasteiger partial charge in [0.2, 0.25) is 0 Å². The molecule has 0 saturated heterocycles. The quantitative estimate of drug-likeness (QED) is 0.325. The number of allylic oxidation sites excluding steroid dienone is 1. The van der Waals surface area contributed by atoms with Crippen molar-refractivity contribution in [3.63, 3.8) is 0 Å². The van der Waals surface area contributed by atoms with Crippen molar-refractivity contribution in [3.8, 4) is 5.75 Å². The van der Waals surface area contributed by atoms with Gasteiger partial charge in [0, 0.05) is 11.3 Å². The largest absolute Gasteiger partial charge is 0.573 e. The second-order valence-electron chi connectivity index (χ2n) is 9.62. The van der Waals surface area contributed by atoms with E-state index in [9.17, 15) is 23.1 Å².